The number of rotatable bonds is 0. The topological polar surface area (TPSA) is 55.4 Å². The lowest BCUT2D eigenvalue weighted by Gasteiger charge is -2.35. The molecule has 2 atom stereocenters. The SMILES string of the molecule is CC(C)(C)C1NS(=O)(=O)OC1C(C)(C)C. The van der Waals surface area contributed by atoms with E-state index in [1.165, 1.54) is 0 Å². The molecule has 0 bridgehead atoms. The number of hydrogen-bond donors (Lipinski definition) is 1. The predicted octanol–water partition coefficient (Wildman–Crippen LogP) is 1.68. The molecule has 90 valence electrons. The zero-order valence-electron chi connectivity index (χ0n) is 10.3. The highest BCUT2D eigenvalue weighted by atomic mass is 32.2. The van der Waals surface area contributed by atoms with Crippen molar-refractivity contribution in [3.05, 3.63) is 0 Å². The van der Waals surface area contributed by atoms with Gasteiger partial charge in [-0.3, -0.25) is 4.18 Å². The van der Waals surface area contributed by atoms with Crippen LogP contribution in [0.3, 0.4) is 0 Å². The molecular weight excluding hydrogens is 214 g/mol. The van der Waals surface area contributed by atoms with Crippen molar-refractivity contribution in [3.63, 3.8) is 0 Å². The van der Waals surface area contributed by atoms with E-state index in [9.17, 15) is 8.42 Å². The quantitative estimate of drug-likeness (QED) is 0.695. The van der Waals surface area contributed by atoms with Gasteiger partial charge < -0.3 is 0 Å². The van der Waals surface area contributed by atoms with Crippen molar-refractivity contribution in [3.8, 4) is 0 Å². The second-order valence-electron chi connectivity index (χ2n) is 6.30. The summed E-state index contributed by atoms with van der Waals surface area (Å²) in [6.07, 6.45) is -0.317. The lowest BCUT2D eigenvalue weighted by Crippen LogP contribution is -2.47. The van der Waals surface area contributed by atoms with Crippen molar-refractivity contribution >= 4 is 10.3 Å². The summed E-state index contributed by atoms with van der Waals surface area (Å²) in [5, 5.41) is 0. The van der Waals surface area contributed by atoms with Crippen LogP contribution in [0.15, 0.2) is 0 Å². The number of hydrogen-bond acceptors (Lipinski definition) is 3. The normalized spacial score (nSPS) is 31.9. The van der Waals surface area contributed by atoms with Gasteiger partial charge in [0.15, 0.2) is 0 Å². The molecule has 0 aliphatic carbocycles. The number of nitrogens with one attached hydrogen (secondary N) is 1. The molecule has 0 aromatic heterocycles. The Balaban J connectivity index is 3.06. The van der Waals surface area contributed by atoms with Crippen molar-refractivity contribution in [2.75, 3.05) is 0 Å². The van der Waals surface area contributed by atoms with Gasteiger partial charge in [-0.25, -0.2) is 0 Å². The van der Waals surface area contributed by atoms with E-state index < -0.39 is 10.3 Å². The predicted molar refractivity (Wildman–Crippen MR) is 59.6 cm³/mol. The van der Waals surface area contributed by atoms with E-state index in [2.05, 4.69) is 4.72 Å². The standard InChI is InChI=1S/C10H21NO3S/c1-9(2,3)7-8(10(4,5)6)14-15(12,13)11-7/h7-8,11H,1-6H3. The molecule has 1 heterocycles. The molecular formula is C10H21NO3S. The largest absolute Gasteiger partial charge is 0.336 e. The Morgan fingerprint density at radius 1 is 1.00 bits per heavy atom. The summed E-state index contributed by atoms with van der Waals surface area (Å²) >= 11 is 0. The second kappa shape index (κ2) is 3.43. The zero-order valence-corrected chi connectivity index (χ0v) is 11.1. The van der Waals surface area contributed by atoms with Crippen LogP contribution in [0.5, 0.6) is 0 Å². The average molecular weight is 235 g/mol. The molecule has 1 fully saturated rings. The van der Waals surface area contributed by atoms with Gasteiger partial charge in [0.1, 0.15) is 6.10 Å². The highest BCUT2D eigenvalue weighted by Gasteiger charge is 2.49. The first-order chi connectivity index (χ1) is 6.43. The van der Waals surface area contributed by atoms with Gasteiger partial charge in [-0.2, -0.15) is 13.1 Å². The fourth-order valence-corrected chi connectivity index (χ4v) is 3.23. The van der Waals surface area contributed by atoms with E-state index in [1.54, 1.807) is 0 Å². The molecule has 1 saturated heterocycles. The van der Waals surface area contributed by atoms with Gasteiger partial charge in [0.05, 0.1) is 6.04 Å². The van der Waals surface area contributed by atoms with Crippen LogP contribution in [0.2, 0.25) is 0 Å². The van der Waals surface area contributed by atoms with Gasteiger partial charge >= 0.3 is 10.3 Å². The molecule has 1 N–H and O–H groups in total. The first kappa shape index (κ1) is 12.9. The van der Waals surface area contributed by atoms with Crippen molar-refractivity contribution in [2.45, 2.75) is 53.7 Å². The van der Waals surface area contributed by atoms with Crippen LogP contribution in [0.25, 0.3) is 0 Å². The maximum atomic E-state index is 11.4. The summed E-state index contributed by atoms with van der Waals surface area (Å²) in [6.45, 7) is 12.0. The Morgan fingerprint density at radius 2 is 1.47 bits per heavy atom. The molecule has 0 spiro atoms. The Bertz CT molecular complexity index is 307. The minimum Gasteiger partial charge on any atom is -0.252 e. The monoisotopic (exact) mass is 235 g/mol. The smallest absolute Gasteiger partial charge is 0.252 e. The third-order valence-electron chi connectivity index (χ3n) is 2.59. The fourth-order valence-electron chi connectivity index (χ4n) is 1.71. The lowest BCUT2D eigenvalue weighted by molar-refractivity contribution is 0.0564. The summed E-state index contributed by atoms with van der Waals surface area (Å²) in [5.74, 6) is 0. The highest BCUT2D eigenvalue weighted by Crippen LogP contribution is 2.37. The molecule has 4 nitrogen and oxygen atoms in total. The van der Waals surface area contributed by atoms with Gasteiger partial charge in [-0.1, -0.05) is 41.5 Å². The molecule has 0 saturated carbocycles. The van der Waals surface area contributed by atoms with Crippen molar-refractivity contribution < 1.29 is 12.6 Å². The average Bonchev–Trinajstić information content (AvgIpc) is 2.23. The first-order valence-corrected chi connectivity index (χ1v) is 6.55. The van der Waals surface area contributed by atoms with Gasteiger partial charge in [0.2, 0.25) is 0 Å². The van der Waals surface area contributed by atoms with Crippen molar-refractivity contribution in [1.82, 2.24) is 4.72 Å². The first-order valence-electron chi connectivity index (χ1n) is 5.14. The molecule has 5 heteroatoms. The lowest BCUT2D eigenvalue weighted by atomic mass is 9.75. The van der Waals surface area contributed by atoms with E-state index >= 15 is 0 Å². The van der Waals surface area contributed by atoms with Gasteiger partial charge in [0, 0.05) is 0 Å². The molecule has 0 aromatic rings. The van der Waals surface area contributed by atoms with E-state index in [0.29, 0.717) is 0 Å². The molecule has 2 unspecified atom stereocenters. The Labute approximate surface area is 92.7 Å². The summed E-state index contributed by atoms with van der Waals surface area (Å²) in [6, 6.07) is -0.178. The van der Waals surface area contributed by atoms with Crippen LogP contribution in [-0.2, 0) is 14.5 Å². The minimum atomic E-state index is -3.56. The summed E-state index contributed by atoms with van der Waals surface area (Å²) in [7, 11) is -3.56. The van der Waals surface area contributed by atoms with Gasteiger partial charge in [0.25, 0.3) is 0 Å². The third-order valence-corrected chi connectivity index (χ3v) is 3.59. The van der Waals surface area contributed by atoms with Crippen LogP contribution < -0.4 is 4.72 Å². The maximum absolute atomic E-state index is 11.4. The van der Waals surface area contributed by atoms with E-state index in [4.69, 9.17) is 4.18 Å². The Hall–Kier alpha value is -0.130. The fraction of sp³-hybridized carbons (Fsp3) is 1.00. The molecule has 0 amide bonds. The molecule has 1 aliphatic rings. The summed E-state index contributed by atoms with van der Waals surface area (Å²) < 4.78 is 30.5. The van der Waals surface area contributed by atoms with Crippen LogP contribution in [0.4, 0.5) is 0 Å². The summed E-state index contributed by atoms with van der Waals surface area (Å²) in [5.41, 5.74) is -0.351. The molecule has 1 rings (SSSR count). The Kier molecular flexibility index (Phi) is 2.96. The molecule has 15 heavy (non-hydrogen) atoms. The minimum absolute atomic E-state index is 0.151. The zero-order chi connectivity index (χ0) is 12.1. The van der Waals surface area contributed by atoms with Crippen molar-refractivity contribution in [1.29, 1.82) is 0 Å². The van der Waals surface area contributed by atoms with E-state index in [-0.39, 0.29) is 23.0 Å². The molecule has 0 radical (unpaired) electrons. The summed E-state index contributed by atoms with van der Waals surface area (Å²) in [4.78, 5) is 0. The van der Waals surface area contributed by atoms with Crippen LogP contribution in [0, 0.1) is 10.8 Å². The van der Waals surface area contributed by atoms with Crippen LogP contribution in [0.1, 0.15) is 41.5 Å². The maximum Gasteiger partial charge on any atom is 0.336 e. The third kappa shape index (κ3) is 2.92. The van der Waals surface area contributed by atoms with Crippen molar-refractivity contribution in [2.24, 2.45) is 10.8 Å². The highest BCUT2D eigenvalue weighted by molar-refractivity contribution is 7.85. The molecule has 1 aliphatic heterocycles. The van der Waals surface area contributed by atoms with Gasteiger partial charge in [-0.05, 0) is 10.8 Å². The van der Waals surface area contributed by atoms with E-state index in [1.807, 2.05) is 41.5 Å². The van der Waals surface area contributed by atoms with E-state index in [0.717, 1.165) is 0 Å². The van der Waals surface area contributed by atoms with Crippen LogP contribution >= 0.6 is 0 Å². The Morgan fingerprint density at radius 3 is 1.73 bits per heavy atom. The molecule has 0 aromatic carbocycles. The second-order valence-corrected chi connectivity index (χ2v) is 7.63. The van der Waals surface area contributed by atoms with Crippen LogP contribution in [-0.4, -0.2) is 20.6 Å². The van der Waals surface area contributed by atoms with Gasteiger partial charge in [-0.15, -0.1) is 0 Å².